The van der Waals surface area contributed by atoms with Crippen molar-refractivity contribution in [3.05, 3.63) is 71.3 Å². The Kier molecular flexibility index (Phi) is 6.08. The molecule has 142 valence electrons. The summed E-state index contributed by atoms with van der Waals surface area (Å²) in [5, 5.41) is 10.1. The molecule has 3 rings (SSSR count). The van der Waals surface area contributed by atoms with Gasteiger partial charge in [-0.25, -0.2) is 9.59 Å². The Balaban J connectivity index is 1.72. The molecule has 0 aliphatic carbocycles. The minimum atomic E-state index is -0.478. The highest BCUT2D eigenvalue weighted by Crippen LogP contribution is 2.32. The van der Waals surface area contributed by atoms with Crippen LogP contribution in [0.5, 0.6) is 0 Å². The maximum absolute atomic E-state index is 12.6. The van der Waals surface area contributed by atoms with Crippen LogP contribution in [0.3, 0.4) is 0 Å². The molecule has 6 heteroatoms. The van der Waals surface area contributed by atoms with E-state index in [9.17, 15) is 14.7 Å². The molecule has 0 radical (unpaired) electrons. The summed E-state index contributed by atoms with van der Waals surface area (Å²) in [6.45, 7) is 0.616. The van der Waals surface area contributed by atoms with E-state index in [0.29, 0.717) is 24.9 Å². The highest BCUT2D eigenvalue weighted by molar-refractivity contribution is 5.89. The number of hydrogen-bond donors (Lipinski definition) is 1. The van der Waals surface area contributed by atoms with Crippen LogP contribution in [0.4, 0.5) is 4.79 Å². The Hall–Kier alpha value is -2.86. The minimum Gasteiger partial charge on any atom is -0.465 e. The lowest BCUT2D eigenvalue weighted by atomic mass is 9.93. The summed E-state index contributed by atoms with van der Waals surface area (Å²) in [6.07, 6.45) is 0.0519. The van der Waals surface area contributed by atoms with Gasteiger partial charge in [-0.3, -0.25) is 0 Å². The number of aliphatic hydroxyl groups is 1. The SMILES string of the molecule is COC(=O)c1ccc([C@H]2C[C@H](O)CCN2C(=O)OCc2ccccc2)cc1. The number of likely N-dealkylation sites (tertiary alicyclic amines) is 1. The first-order chi connectivity index (χ1) is 13.1. The predicted octanol–water partition coefficient (Wildman–Crippen LogP) is 3.31. The van der Waals surface area contributed by atoms with Crippen molar-refractivity contribution in [1.82, 2.24) is 4.90 Å². The number of hydrogen-bond acceptors (Lipinski definition) is 5. The molecular formula is C21H23NO5. The van der Waals surface area contributed by atoms with E-state index in [4.69, 9.17) is 9.47 Å². The fourth-order valence-electron chi connectivity index (χ4n) is 3.24. The number of benzene rings is 2. The van der Waals surface area contributed by atoms with E-state index in [1.807, 2.05) is 30.3 Å². The Morgan fingerprint density at radius 3 is 2.48 bits per heavy atom. The molecule has 1 N–H and O–H groups in total. The summed E-state index contributed by atoms with van der Waals surface area (Å²) >= 11 is 0. The molecule has 6 nitrogen and oxygen atoms in total. The third kappa shape index (κ3) is 4.65. The van der Waals surface area contributed by atoms with E-state index in [0.717, 1.165) is 11.1 Å². The monoisotopic (exact) mass is 369 g/mol. The third-order valence-corrected chi connectivity index (χ3v) is 4.73. The van der Waals surface area contributed by atoms with Crippen LogP contribution in [-0.2, 0) is 16.1 Å². The number of carbonyl (C=O) groups is 2. The van der Waals surface area contributed by atoms with E-state index in [1.54, 1.807) is 29.2 Å². The van der Waals surface area contributed by atoms with Crippen molar-refractivity contribution in [3.8, 4) is 0 Å². The number of aliphatic hydroxyl groups excluding tert-OH is 1. The summed E-state index contributed by atoms with van der Waals surface area (Å²) in [6, 6.07) is 16.1. The van der Waals surface area contributed by atoms with E-state index in [1.165, 1.54) is 7.11 Å². The van der Waals surface area contributed by atoms with Crippen LogP contribution in [0.15, 0.2) is 54.6 Å². The fourth-order valence-corrected chi connectivity index (χ4v) is 3.24. The lowest BCUT2D eigenvalue weighted by molar-refractivity contribution is 0.0259. The first-order valence-electron chi connectivity index (χ1n) is 8.92. The second kappa shape index (κ2) is 8.68. The molecule has 0 saturated carbocycles. The topological polar surface area (TPSA) is 76.1 Å². The van der Waals surface area contributed by atoms with E-state index in [2.05, 4.69) is 0 Å². The zero-order valence-electron chi connectivity index (χ0n) is 15.2. The van der Waals surface area contributed by atoms with Crippen LogP contribution in [0.2, 0.25) is 0 Å². The zero-order valence-corrected chi connectivity index (χ0v) is 15.2. The average molecular weight is 369 g/mol. The number of carbonyl (C=O) groups excluding carboxylic acids is 2. The van der Waals surface area contributed by atoms with Crippen LogP contribution in [0.25, 0.3) is 0 Å². The molecule has 0 unspecified atom stereocenters. The third-order valence-electron chi connectivity index (χ3n) is 4.73. The highest BCUT2D eigenvalue weighted by Gasteiger charge is 2.33. The van der Waals surface area contributed by atoms with Gasteiger partial charge in [-0.2, -0.15) is 0 Å². The van der Waals surface area contributed by atoms with Crippen molar-refractivity contribution in [3.63, 3.8) is 0 Å². The van der Waals surface area contributed by atoms with E-state index >= 15 is 0 Å². The smallest absolute Gasteiger partial charge is 0.410 e. The highest BCUT2D eigenvalue weighted by atomic mass is 16.6. The van der Waals surface area contributed by atoms with Gasteiger partial charge in [-0.05, 0) is 36.1 Å². The maximum Gasteiger partial charge on any atom is 0.410 e. The Morgan fingerprint density at radius 2 is 1.81 bits per heavy atom. The van der Waals surface area contributed by atoms with Crippen molar-refractivity contribution in [2.24, 2.45) is 0 Å². The van der Waals surface area contributed by atoms with Crippen LogP contribution >= 0.6 is 0 Å². The van der Waals surface area contributed by atoms with Gasteiger partial charge < -0.3 is 19.5 Å². The number of piperidine rings is 1. The van der Waals surface area contributed by atoms with E-state index in [-0.39, 0.29) is 12.6 Å². The number of esters is 1. The standard InChI is InChI=1S/C21H23NO5/c1-26-20(24)17-9-7-16(8-10-17)19-13-18(23)11-12-22(19)21(25)27-14-15-5-3-2-4-6-15/h2-10,18-19,23H,11-14H2,1H3/t18-,19-/m1/s1. The molecule has 1 aliphatic rings. The van der Waals surface area contributed by atoms with Gasteiger partial charge in [0.05, 0.1) is 24.8 Å². The molecule has 27 heavy (non-hydrogen) atoms. The van der Waals surface area contributed by atoms with Gasteiger partial charge in [0.15, 0.2) is 0 Å². The maximum atomic E-state index is 12.6. The Morgan fingerprint density at radius 1 is 1.11 bits per heavy atom. The van der Waals surface area contributed by atoms with Crippen LogP contribution in [0.1, 0.15) is 40.4 Å². The molecule has 1 fully saturated rings. The molecule has 1 amide bonds. The molecule has 2 atom stereocenters. The summed E-state index contributed by atoms with van der Waals surface area (Å²) < 4.78 is 10.2. The number of methoxy groups -OCH3 is 1. The van der Waals surface area contributed by atoms with Crippen molar-refractivity contribution < 1.29 is 24.2 Å². The molecule has 1 aliphatic heterocycles. The molecule has 1 saturated heterocycles. The summed E-state index contributed by atoms with van der Waals surface area (Å²) in [5.41, 5.74) is 2.20. The number of rotatable bonds is 4. The first kappa shape index (κ1) is 18.9. The van der Waals surface area contributed by atoms with Crippen molar-refractivity contribution in [2.75, 3.05) is 13.7 Å². The summed E-state index contributed by atoms with van der Waals surface area (Å²) in [4.78, 5) is 25.9. The molecule has 0 spiro atoms. The van der Waals surface area contributed by atoms with Crippen LogP contribution in [-0.4, -0.2) is 41.8 Å². The fraction of sp³-hybridized carbons (Fsp3) is 0.333. The predicted molar refractivity (Wildman–Crippen MR) is 99.1 cm³/mol. The Labute approximate surface area is 158 Å². The normalized spacial score (nSPS) is 19.4. The second-order valence-electron chi connectivity index (χ2n) is 6.54. The van der Waals surface area contributed by atoms with Gasteiger partial charge in [0.1, 0.15) is 6.61 Å². The molecule has 0 aromatic heterocycles. The van der Waals surface area contributed by atoms with Crippen molar-refractivity contribution >= 4 is 12.1 Å². The zero-order chi connectivity index (χ0) is 19.2. The van der Waals surface area contributed by atoms with Gasteiger partial charge >= 0.3 is 12.1 Å². The van der Waals surface area contributed by atoms with Crippen molar-refractivity contribution in [1.29, 1.82) is 0 Å². The van der Waals surface area contributed by atoms with Gasteiger partial charge in [0, 0.05) is 6.54 Å². The molecule has 0 bridgehead atoms. The van der Waals surface area contributed by atoms with Crippen molar-refractivity contribution in [2.45, 2.75) is 31.6 Å². The lowest BCUT2D eigenvalue weighted by Gasteiger charge is -2.37. The second-order valence-corrected chi connectivity index (χ2v) is 6.54. The van der Waals surface area contributed by atoms with Gasteiger partial charge in [-0.1, -0.05) is 42.5 Å². The summed E-state index contributed by atoms with van der Waals surface area (Å²) in [5.74, 6) is -0.413. The van der Waals surface area contributed by atoms with Crippen LogP contribution in [0, 0.1) is 0 Å². The first-order valence-corrected chi connectivity index (χ1v) is 8.92. The summed E-state index contributed by atoms with van der Waals surface area (Å²) in [7, 11) is 1.33. The average Bonchev–Trinajstić information content (AvgIpc) is 2.72. The lowest BCUT2D eigenvalue weighted by Crippen LogP contribution is -2.42. The molecule has 1 heterocycles. The van der Waals surface area contributed by atoms with Gasteiger partial charge in [0.2, 0.25) is 0 Å². The van der Waals surface area contributed by atoms with Gasteiger partial charge in [0.25, 0.3) is 0 Å². The quantitative estimate of drug-likeness (QED) is 0.837. The molecular weight excluding hydrogens is 346 g/mol. The largest absolute Gasteiger partial charge is 0.465 e. The van der Waals surface area contributed by atoms with E-state index < -0.39 is 18.2 Å². The number of nitrogens with zero attached hydrogens (tertiary/aromatic N) is 1. The minimum absolute atomic E-state index is 0.201. The molecule has 2 aromatic carbocycles. The number of ether oxygens (including phenoxy) is 2. The molecule has 2 aromatic rings. The van der Waals surface area contributed by atoms with Gasteiger partial charge in [-0.15, -0.1) is 0 Å². The van der Waals surface area contributed by atoms with Crippen LogP contribution < -0.4 is 0 Å². The Bertz CT molecular complexity index is 775. The number of amides is 1.